The summed E-state index contributed by atoms with van der Waals surface area (Å²) in [7, 11) is 0. The van der Waals surface area contributed by atoms with Gasteiger partial charge in [-0.15, -0.1) is 0 Å². The molecule has 2 heteroatoms. The molecule has 1 aromatic rings. The standard InChI is InChI=1S/C12H16BrN/c1-9-5-3-6-10(11(9)13)12(2)7-4-8-14-12/h3,5-6,14H,4,7-8H2,1-2H3. The monoisotopic (exact) mass is 253 g/mol. The molecule has 0 spiro atoms. The number of hydrogen-bond acceptors (Lipinski definition) is 1. The summed E-state index contributed by atoms with van der Waals surface area (Å²) < 4.78 is 1.26. The molecule has 1 heterocycles. The molecule has 14 heavy (non-hydrogen) atoms. The van der Waals surface area contributed by atoms with E-state index in [9.17, 15) is 0 Å². The number of rotatable bonds is 1. The topological polar surface area (TPSA) is 12.0 Å². The van der Waals surface area contributed by atoms with Crippen LogP contribution in [0.2, 0.25) is 0 Å². The molecule has 1 aliphatic heterocycles. The highest BCUT2D eigenvalue weighted by Crippen LogP contribution is 2.36. The summed E-state index contributed by atoms with van der Waals surface area (Å²) in [4.78, 5) is 0. The fraction of sp³-hybridized carbons (Fsp3) is 0.500. The number of aryl methyl sites for hydroxylation is 1. The van der Waals surface area contributed by atoms with Gasteiger partial charge in [0.1, 0.15) is 0 Å². The summed E-state index contributed by atoms with van der Waals surface area (Å²) in [6.07, 6.45) is 2.51. The van der Waals surface area contributed by atoms with E-state index in [1.165, 1.54) is 28.4 Å². The van der Waals surface area contributed by atoms with E-state index < -0.39 is 0 Å². The predicted molar refractivity (Wildman–Crippen MR) is 63.5 cm³/mol. The van der Waals surface area contributed by atoms with Crippen LogP contribution in [0.4, 0.5) is 0 Å². The molecule has 1 aromatic carbocycles. The molecule has 1 aliphatic rings. The Balaban J connectivity index is 2.45. The molecule has 1 N–H and O–H groups in total. The molecule has 1 atom stereocenters. The molecule has 0 saturated carbocycles. The van der Waals surface area contributed by atoms with Crippen LogP contribution >= 0.6 is 15.9 Å². The van der Waals surface area contributed by atoms with Crippen molar-refractivity contribution < 1.29 is 0 Å². The Kier molecular flexibility index (Phi) is 2.67. The van der Waals surface area contributed by atoms with Crippen LogP contribution in [0, 0.1) is 6.92 Å². The Morgan fingerprint density at radius 3 is 2.86 bits per heavy atom. The highest BCUT2D eigenvalue weighted by atomic mass is 79.9. The maximum Gasteiger partial charge on any atom is 0.0417 e. The van der Waals surface area contributed by atoms with Gasteiger partial charge in [0.05, 0.1) is 0 Å². The minimum Gasteiger partial charge on any atom is -0.308 e. The van der Waals surface area contributed by atoms with Crippen LogP contribution in [0.5, 0.6) is 0 Å². The molecule has 1 nitrogen and oxygen atoms in total. The molecule has 0 bridgehead atoms. The molecule has 0 radical (unpaired) electrons. The highest BCUT2D eigenvalue weighted by Gasteiger charge is 2.31. The van der Waals surface area contributed by atoms with Crippen LogP contribution in [0.15, 0.2) is 22.7 Å². The van der Waals surface area contributed by atoms with Gasteiger partial charge >= 0.3 is 0 Å². The maximum atomic E-state index is 3.69. The van der Waals surface area contributed by atoms with Crippen molar-refractivity contribution in [3.8, 4) is 0 Å². The van der Waals surface area contributed by atoms with E-state index in [0.717, 1.165) is 6.54 Å². The second-order valence-electron chi connectivity index (χ2n) is 4.30. The minimum absolute atomic E-state index is 0.171. The highest BCUT2D eigenvalue weighted by molar-refractivity contribution is 9.10. The summed E-state index contributed by atoms with van der Waals surface area (Å²) in [5.74, 6) is 0. The first-order chi connectivity index (χ1) is 6.63. The molecule has 0 aliphatic carbocycles. The second kappa shape index (κ2) is 3.67. The molecule has 1 unspecified atom stereocenters. The molecule has 0 amide bonds. The van der Waals surface area contributed by atoms with Crippen LogP contribution in [0.3, 0.4) is 0 Å². The van der Waals surface area contributed by atoms with Crippen molar-refractivity contribution in [2.75, 3.05) is 6.54 Å². The van der Waals surface area contributed by atoms with Crippen LogP contribution < -0.4 is 5.32 Å². The van der Waals surface area contributed by atoms with Crippen molar-refractivity contribution in [1.82, 2.24) is 5.32 Å². The van der Waals surface area contributed by atoms with Crippen molar-refractivity contribution in [2.45, 2.75) is 32.2 Å². The molecule has 76 valence electrons. The normalized spacial score (nSPS) is 26.8. The van der Waals surface area contributed by atoms with Gasteiger partial charge in [-0.05, 0) is 44.4 Å². The number of halogens is 1. The Bertz CT molecular complexity index is 340. The van der Waals surface area contributed by atoms with Gasteiger partial charge in [0, 0.05) is 10.0 Å². The average molecular weight is 254 g/mol. The fourth-order valence-corrected chi connectivity index (χ4v) is 2.90. The first-order valence-electron chi connectivity index (χ1n) is 5.14. The first-order valence-corrected chi connectivity index (χ1v) is 5.93. The zero-order chi connectivity index (χ0) is 10.2. The predicted octanol–water partition coefficient (Wildman–Crippen LogP) is 3.36. The van der Waals surface area contributed by atoms with Crippen molar-refractivity contribution in [2.24, 2.45) is 0 Å². The lowest BCUT2D eigenvalue weighted by atomic mass is 9.90. The molecule has 1 fully saturated rings. The van der Waals surface area contributed by atoms with Crippen molar-refractivity contribution in [3.05, 3.63) is 33.8 Å². The number of benzene rings is 1. The summed E-state index contributed by atoms with van der Waals surface area (Å²) in [5, 5.41) is 3.59. The smallest absolute Gasteiger partial charge is 0.0417 e. The van der Waals surface area contributed by atoms with Gasteiger partial charge in [0.2, 0.25) is 0 Å². The second-order valence-corrected chi connectivity index (χ2v) is 5.09. The van der Waals surface area contributed by atoms with Gasteiger partial charge in [0.25, 0.3) is 0 Å². The third-order valence-corrected chi connectivity index (χ3v) is 4.21. The van der Waals surface area contributed by atoms with Gasteiger partial charge in [-0.2, -0.15) is 0 Å². The third-order valence-electron chi connectivity index (χ3n) is 3.15. The van der Waals surface area contributed by atoms with Crippen molar-refractivity contribution in [1.29, 1.82) is 0 Å². The Hall–Kier alpha value is -0.340. The van der Waals surface area contributed by atoms with E-state index in [1.807, 2.05) is 0 Å². The maximum absolute atomic E-state index is 3.69. The lowest BCUT2D eigenvalue weighted by Crippen LogP contribution is -2.33. The van der Waals surface area contributed by atoms with Gasteiger partial charge in [-0.3, -0.25) is 0 Å². The van der Waals surface area contributed by atoms with Crippen LogP contribution in [0.25, 0.3) is 0 Å². The van der Waals surface area contributed by atoms with Crippen LogP contribution in [-0.2, 0) is 5.54 Å². The van der Waals surface area contributed by atoms with Gasteiger partial charge in [0.15, 0.2) is 0 Å². The van der Waals surface area contributed by atoms with Crippen LogP contribution in [0.1, 0.15) is 30.9 Å². The molecular formula is C12H16BrN. The van der Waals surface area contributed by atoms with Crippen molar-refractivity contribution >= 4 is 15.9 Å². The van der Waals surface area contributed by atoms with Gasteiger partial charge < -0.3 is 5.32 Å². The zero-order valence-electron chi connectivity index (χ0n) is 8.73. The minimum atomic E-state index is 0.171. The molecule has 1 saturated heterocycles. The Labute approximate surface area is 94.0 Å². The third kappa shape index (κ3) is 1.61. The summed E-state index contributed by atoms with van der Waals surface area (Å²) >= 11 is 3.69. The van der Waals surface area contributed by atoms with Gasteiger partial charge in [-0.1, -0.05) is 34.1 Å². The van der Waals surface area contributed by atoms with E-state index in [0.29, 0.717) is 0 Å². The first kappa shape index (κ1) is 10.2. The quantitative estimate of drug-likeness (QED) is 0.810. The Morgan fingerprint density at radius 2 is 2.21 bits per heavy atom. The lowest BCUT2D eigenvalue weighted by molar-refractivity contribution is 0.432. The number of hydrogen-bond donors (Lipinski definition) is 1. The summed E-state index contributed by atoms with van der Waals surface area (Å²) in [5.41, 5.74) is 2.89. The van der Waals surface area contributed by atoms with Gasteiger partial charge in [-0.25, -0.2) is 0 Å². The Morgan fingerprint density at radius 1 is 1.43 bits per heavy atom. The molecule has 2 rings (SSSR count). The van der Waals surface area contributed by atoms with Crippen molar-refractivity contribution in [3.63, 3.8) is 0 Å². The van der Waals surface area contributed by atoms with E-state index in [1.54, 1.807) is 0 Å². The zero-order valence-corrected chi connectivity index (χ0v) is 10.3. The van der Waals surface area contributed by atoms with Crippen LogP contribution in [-0.4, -0.2) is 6.54 Å². The van der Waals surface area contributed by atoms with E-state index in [4.69, 9.17) is 0 Å². The summed E-state index contributed by atoms with van der Waals surface area (Å²) in [6, 6.07) is 6.50. The number of nitrogens with one attached hydrogen (secondary N) is 1. The van der Waals surface area contributed by atoms with E-state index in [-0.39, 0.29) is 5.54 Å². The largest absolute Gasteiger partial charge is 0.308 e. The SMILES string of the molecule is Cc1cccc(C2(C)CCCN2)c1Br. The molecule has 0 aromatic heterocycles. The fourth-order valence-electron chi connectivity index (χ4n) is 2.20. The lowest BCUT2D eigenvalue weighted by Gasteiger charge is -2.26. The van der Waals surface area contributed by atoms with E-state index >= 15 is 0 Å². The summed E-state index contributed by atoms with van der Waals surface area (Å²) in [6.45, 7) is 5.57. The molecular weight excluding hydrogens is 238 g/mol. The van der Waals surface area contributed by atoms with E-state index in [2.05, 4.69) is 53.3 Å². The average Bonchev–Trinajstić information content (AvgIpc) is 2.58.